The van der Waals surface area contributed by atoms with E-state index in [1.54, 1.807) is 21.9 Å². The van der Waals surface area contributed by atoms with Crippen molar-refractivity contribution in [2.75, 3.05) is 31.0 Å². The summed E-state index contributed by atoms with van der Waals surface area (Å²) in [4.78, 5) is 38.9. The molecule has 3 amide bonds. The van der Waals surface area contributed by atoms with Crippen LogP contribution in [-0.4, -0.2) is 78.4 Å². The molecule has 1 unspecified atom stereocenters. The Morgan fingerprint density at radius 2 is 1.76 bits per heavy atom. The van der Waals surface area contributed by atoms with Crippen LogP contribution in [0.25, 0.3) is 11.3 Å². The summed E-state index contributed by atoms with van der Waals surface area (Å²) in [5.74, 6) is -0.0795. The van der Waals surface area contributed by atoms with Gasteiger partial charge in [-0.25, -0.2) is 22.9 Å². The van der Waals surface area contributed by atoms with Crippen LogP contribution in [0.15, 0.2) is 53.4 Å². The maximum Gasteiger partial charge on any atom is 0.317 e. The van der Waals surface area contributed by atoms with Crippen LogP contribution in [0, 0.1) is 19.8 Å². The van der Waals surface area contributed by atoms with Gasteiger partial charge in [0.05, 0.1) is 16.6 Å². The fraction of sp³-hybridized carbons (Fsp3) is 0.400. The highest BCUT2D eigenvalue weighted by molar-refractivity contribution is 7.92. The maximum atomic E-state index is 13.7. The summed E-state index contributed by atoms with van der Waals surface area (Å²) in [6.07, 6.45) is 0. The monoisotopic (exact) mass is 592 g/mol. The number of anilines is 1. The Morgan fingerprint density at radius 3 is 2.48 bits per heavy atom. The van der Waals surface area contributed by atoms with E-state index in [4.69, 9.17) is 4.74 Å². The predicted molar refractivity (Wildman–Crippen MR) is 159 cm³/mol. The largest absolute Gasteiger partial charge is 0.475 e. The average Bonchev–Trinajstić information content (AvgIpc) is 2.95. The fourth-order valence-corrected chi connectivity index (χ4v) is 6.11. The van der Waals surface area contributed by atoms with E-state index in [1.807, 2.05) is 52.8 Å². The Labute approximate surface area is 246 Å². The molecular weight excluding hydrogens is 556 g/mol. The number of benzene rings is 2. The molecule has 1 fully saturated rings. The second-order valence-corrected chi connectivity index (χ2v) is 12.9. The predicted octanol–water partition coefficient (Wildman–Crippen LogP) is 3.83. The van der Waals surface area contributed by atoms with Crippen molar-refractivity contribution >= 4 is 27.9 Å². The number of carbonyl (C=O) groups excluding carboxylic acids is 2. The molecule has 0 radical (unpaired) electrons. The number of aryl methyl sites for hydroxylation is 2. The van der Waals surface area contributed by atoms with E-state index in [1.165, 1.54) is 18.2 Å². The lowest BCUT2D eigenvalue weighted by Gasteiger charge is -2.41. The first-order chi connectivity index (χ1) is 19.9. The zero-order valence-corrected chi connectivity index (χ0v) is 25.2. The summed E-state index contributed by atoms with van der Waals surface area (Å²) in [5, 5.41) is 3.03. The molecule has 2 N–H and O–H groups in total. The van der Waals surface area contributed by atoms with E-state index < -0.39 is 16.1 Å². The number of rotatable bonds is 3. The molecule has 2 aliphatic rings. The number of hydrogen-bond donors (Lipinski definition) is 2. The van der Waals surface area contributed by atoms with Crippen LogP contribution in [-0.2, 0) is 10.0 Å². The lowest BCUT2D eigenvalue weighted by Crippen LogP contribution is -2.60. The van der Waals surface area contributed by atoms with E-state index in [2.05, 4.69) is 20.0 Å². The third kappa shape index (κ3) is 6.03. The number of amides is 3. The zero-order valence-electron chi connectivity index (χ0n) is 24.4. The van der Waals surface area contributed by atoms with Gasteiger partial charge in [0.1, 0.15) is 6.61 Å². The maximum absolute atomic E-state index is 13.7. The molecule has 42 heavy (non-hydrogen) atoms. The van der Waals surface area contributed by atoms with Gasteiger partial charge in [-0.15, -0.1) is 0 Å². The minimum absolute atomic E-state index is 0.0200. The number of ether oxygens (including phenoxy) is 1. The molecule has 222 valence electrons. The van der Waals surface area contributed by atoms with Crippen molar-refractivity contribution in [2.45, 2.75) is 51.6 Å². The van der Waals surface area contributed by atoms with Crippen LogP contribution in [0.5, 0.6) is 5.88 Å². The zero-order chi connectivity index (χ0) is 30.2. The molecule has 5 rings (SSSR count). The second-order valence-electron chi connectivity index (χ2n) is 11.2. The average molecular weight is 593 g/mol. The molecule has 2 atom stereocenters. The SMILES string of the molecule is Cc1cccc(C)c1-c1cc2nc(n1)NS(=O)(=O)c1cccc(c1)C(=O)N1CCN(C(=O)NC(C)C(C)C)C[C@@H]1CO2. The minimum atomic E-state index is -4.13. The molecule has 11 nitrogen and oxygen atoms in total. The molecule has 2 aliphatic heterocycles. The fourth-order valence-electron chi connectivity index (χ4n) is 5.12. The standard InChI is InChI=1S/C30H36N6O5S/c1-18(2)21(5)31-30(38)35-12-13-36-23(16-35)17-41-26-15-25(27-19(3)8-6-9-20(27)4)32-29(33-26)34-42(39,40)24-11-7-10-22(14-24)28(36)37/h6-11,14-15,18,21,23H,12-13,16-17H2,1-5H3,(H,31,38)(H,32,33,34)/t21?,23-/m1/s1. The van der Waals surface area contributed by atoms with E-state index >= 15 is 0 Å². The normalized spacial score (nSPS) is 18.9. The van der Waals surface area contributed by atoms with E-state index in [9.17, 15) is 18.0 Å². The number of hydrogen-bond acceptors (Lipinski definition) is 7. The van der Waals surface area contributed by atoms with Crippen molar-refractivity contribution < 1.29 is 22.7 Å². The number of piperazine rings is 1. The van der Waals surface area contributed by atoms with Gasteiger partial charge in [0.15, 0.2) is 0 Å². The molecule has 3 aromatic rings. The first-order valence-corrected chi connectivity index (χ1v) is 15.5. The second kappa shape index (κ2) is 11.6. The molecular formula is C30H36N6O5S. The highest BCUT2D eigenvalue weighted by Gasteiger charge is 2.35. The van der Waals surface area contributed by atoms with Gasteiger partial charge in [-0.1, -0.05) is 38.1 Å². The first-order valence-electron chi connectivity index (χ1n) is 14.0. The number of sulfonamides is 1. The van der Waals surface area contributed by atoms with Crippen LogP contribution in [0.4, 0.5) is 10.7 Å². The van der Waals surface area contributed by atoms with Crippen LogP contribution < -0.4 is 14.8 Å². The Morgan fingerprint density at radius 1 is 1.05 bits per heavy atom. The Hall–Kier alpha value is -4.19. The third-order valence-corrected chi connectivity index (χ3v) is 9.19. The number of aromatic nitrogens is 2. The van der Waals surface area contributed by atoms with Gasteiger partial charge in [-0.2, -0.15) is 4.98 Å². The highest BCUT2D eigenvalue weighted by Crippen LogP contribution is 2.30. The summed E-state index contributed by atoms with van der Waals surface area (Å²) >= 11 is 0. The Kier molecular flexibility index (Phi) is 8.09. The first kappa shape index (κ1) is 29.3. The van der Waals surface area contributed by atoms with Gasteiger partial charge in [0.25, 0.3) is 15.9 Å². The van der Waals surface area contributed by atoms with Gasteiger partial charge >= 0.3 is 6.03 Å². The number of fused-ring (bicyclic) bond motifs is 5. The summed E-state index contributed by atoms with van der Waals surface area (Å²) in [6.45, 7) is 10.8. The highest BCUT2D eigenvalue weighted by atomic mass is 32.2. The summed E-state index contributed by atoms with van der Waals surface area (Å²) in [5.41, 5.74) is 3.48. The van der Waals surface area contributed by atoms with Gasteiger partial charge in [0, 0.05) is 42.9 Å². The lowest BCUT2D eigenvalue weighted by molar-refractivity contribution is 0.0393. The topological polar surface area (TPSA) is 134 Å². The number of carbonyl (C=O) groups is 2. The number of urea groups is 1. The Balaban J connectivity index is 1.56. The van der Waals surface area contributed by atoms with Gasteiger partial charge < -0.3 is 19.9 Å². The van der Waals surface area contributed by atoms with Crippen molar-refractivity contribution in [3.8, 4) is 17.1 Å². The van der Waals surface area contributed by atoms with Gasteiger partial charge in [-0.05, 0) is 56.0 Å². The third-order valence-electron chi connectivity index (χ3n) is 7.86. The molecule has 1 aromatic heterocycles. The summed E-state index contributed by atoms with van der Waals surface area (Å²) in [6, 6.07) is 12.7. The van der Waals surface area contributed by atoms with Crippen LogP contribution >= 0.6 is 0 Å². The minimum Gasteiger partial charge on any atom is -0.475 e. The van der Waals surface area contributed by atoms with Crippen LogP contribution in [0.1, 0.15) is 42.3 Å². The molecule has 4 bridgehead atoms. The van der Waals surface area contributed by atoms with E-state index in [0.717, 1.165) is 16.7 Å². The molecule has 0 aliphatic carbocycles. The van der Waals surface area contributed by atoms with Crippen LogP contribution in [0.2, 0.25) is 0 Å². The van der Waals surface area contributed by atoms with Crippen LogP contribution in [0.3, 0.4) is 0 Å². The number of nitrogens with one attached hydrogen (secondary N) is 2. The molecule has 0 spiro atoms. The van der Waals surface area contributed by atoms with E-state index in [0.29, 0.717) is 12.2 Å². The van der Waals surface area contributed by atoms with Crippen molar-refractivity contribution in [2.24, 2.45) is 5.92 Å². The van der Waals surface area contributed by atoms with Crippen molar-refractivity contribution in [3.05, 3.63) is 65.2 Å². The summed E-state index contributed by atoms with van der Waals surface area (Å²) in [7, 11) is -4.13. The smallest absolute Gasteiger partial charge is 0.317 e. The van der Waals surface area contributed by atoms with Crippen molar-refractivity contribution in [1.82, 2.24) is 25.1 Å². The van der Waals surface area contributed by atoms with Gasteiger partial charge in [-0.3, -0.25) is 4.79 Å². The van der Waals surface area contributed by atoms with Crippen molar-refractivity contribution in [3.63, 3.8) is 0 Å². The van der Waals surface area contributed by atoms with E-state index in [-0.39, 0.29) is 65.9 Å². The molecule has 1 saturated heterocycles. The molecule has 0 saturated carbocycles. The molecule has 3 heterocycles. The van der Waals surface area contributed by atoms with Gasteiger partial charge in [0.2, 0.25) is 11.8 Å². The molecule has 2 aromatic carbocycles. The van der Waals surface area contributed by atoms with Crippen molar-refractivity contribution in [1.29, 1.82) is 0 Å². The Bertz CT molecular complexity index is 1610. The quantitative estimate of drug-likeness (QED) is 0.472. The number of nitrogens with zero attached hydrogens (tertiary/aromatic N) is 4. The summed E-state index contributed by atoms with van der Waals surface area (Å²) < 4.78 is 35.4. The molecule has 12 heteroatoms. The lowest BCUT2D eigenvalue weighted by atomic mass is 10.00.